The third-order valence-electron chi connectivity index (χ3n) is 3.52. The summed E-state index contributed by atoms with van der Waals surface area (Å²) in [5.41, 5.74) is 1.09. The van der Waals surface area contributed by atoms with Gasteiger partial charge in [0.25, 0.3) is 0 Å². The lowest BCUT2D eigenvalue weighted by atomic mass is 9.81. The number of aliphatic hydroxyl groups is 1. The SMILES string of the molecule is Cl.OCC(c1ccc(Cl)c(Cl)c1)C1CCNCC1. The van der Waals surface area contributed by atoms with Crippen molar-refractivity contribution in [3.05, 3.63) is 33.8 Å². The Labute approximate surface area is 124 Å². The van der Waals surface area contributed by atoms with Crippen molar-refractivity contribution in [1.29, 1.82) is 0 Å². The normalized spacial score (nSPS) is 18.2. The Balaban J connectivity index is 0.00000162. The molecule has 2 rings (SSSR count). The largest absolute Gasteiger partial charge is 0.396 e. The van der Waals surface area contributed by atoms with Gasteiger partial charge in [0.2, 0.25) is 0 Å². The Morgan fingerprint density at radius 1 is 1.22 bits per heavy atom. The number of rotatable bonds is 3. The maximum atomic E-state index is 9.60. The molecule has 1 unspecified atom stereocenters. The highest BCUT2D eigenvalue weighted by Gasteiger charge is 2.24. The average Bonchev–Trinajstić information content (AvgIpc) is 2.36. The number of halogens is 3. The molecule has 18 heavy (non-hydrogen) atoms. The summed E-state index contributed by atoms with van der Waals surface area (Å²) in [6.07, 6.45) is 2.21. The smallest absolute Gasteiger partial charge is 0.0595 e. The number of aliphatic hydroxyl groups excluding tert-OH is 1. The van der Waals surface area contributed by atoms with Crippen molar-refractivity contribution in [3.8, 4) is 0 Å². The van der Waals surface area contributed by atoms with Crippen LogP contribution in [0.25, 0.3) is 0 Å². The lowest BCUT2D eigenvalue weighted by Gasteiger charge is -2.30. The Kier molecular flexibility index (Phi) is 6.75. The fourth-order valence-corrected chi connectivity index (χ4v) is 2.82. The van der Waals surface area contributed by atoms with E-state index >= 15 is 0 Å². The molecule has 1 fully saturated rings. The molecule has 1 aliphatic heterocycles. The number of hydrogen-bond donors (Lipinski definition) is 2. The van der Waals surface area contributed by atoms with Gasteiger partial charge in [-0.25, -0.2) is 0 Å². The van der Waals surface area contributed by atoms with E-state index in [1.54, 1.807) is 0 Å². The van der Waals surface area contributed by atoms with Gasteiger partial charge in [0, 0.05) is 5.92 Å². The molecule has 0 amide bonds. The van der Waals surface area contributed by atoms with Crippen molar-refractivity contribution in [2.75, 3.05) is 19.7 Å². The zero-order valence-electron chi connectivity index (χ0n) is 10.0. The molecule has 2 N–H and O–H groups in total. The van der Waals surface area contributed by atoms with Gasteiger partial charge in [-0.3, -0.25) is 0 Å². The van der Waals surface area contributed by atoms with Crippen LogP contribution >= 0.6 is 35.6 Å². The molecule has 2 nitrogen and oxygen atoms in total. The van der Waals surface area contributed by atoms with Crippen LogP contribution in [-0.2, 0) is 0 Å². The Morgan fingerprint density at radius 3 is 2.44 bits per heavy atom. The highest BCUT2D eigenvalue weighted by atomic mass is 35.5. The van der Waals surface area contributed by atoms with E-state index in [0.29, 0.717) is 16.0 Å². The Bertz CT molecular complexity index is 380. The third kappa shape index (κ3) is 3.75. The highest BCUT2D eigenvalue weighted by molar-refractivity contribution is 6.42. The van der Waals surface area contributed by atoms with E-state index < -0.39 is 0 Å². The number of nitrogens with one attached hydrogen (secondary N) is 1. The summed E-state index contributed by atoms with van der Waals surface area (Å²) in [5.74, 6) is 0.699. The van der Waals surface area contributed by atoms with Crippen LogP contribution in [0, 0.1) is 5.92 Å². The minimum atomic E-state index is 0. The standard InChI is InChI=1S/C13H17Cl2NO.ClH/c14-12-2-1-10(7-13(12)15)11(8-17)9-3-5-16-6-4-9;/h1-2,7,9,11,16-17H,3-6,8H2;1H. The van der Waals surface area contributed by atoms with Crippen LogP contribution in [-0.4, -0.2) is 24.8 Å². The van der Waals surface area contributed by atoms with E-state index in [1.165, 1.54) is 0 Å². The first kappa shape index (κ1) is 16.1. The summed E-state index contributed by atoms with van der Waals surface area (Å²) in [6, 6.07) is 5.66. The third-order valence-corrected chi connectivity index (χ3v) is 4.26. The lowest BCUT2D eigenvalue weighted by Crippen LogP contribution is -2.32. The first-order valence-corrected chi connectivity index (χ1v) is 6.74. The first-order valence-electron chi connectivity index (χ1n) is 5.99. The molecule has 5 heteroatoms. The van der Waals surface area contributed by atoms with Crippen LogP contribution in [0.5, 0.6) is 0 Å². The molecule has 0 aliphatic carbocycles. The quantitative estimate of drug-likeness (QED) is 0.895. The van der Waals surface area contributed by atoms with Crippen molar-refractivity contribution in [1.82, 2.24) is 5.32 Å². The molecular formula is C13H18Cl3NO. The maximum absolute atomic E-state index is 9.60. The maximum Gasteiger partial charge on any atom is 0.0595 e. The second-order valence-corrected chi connectivity index (χ2v) is 5.36. The van der Waals surface area contributed by atoms with Crippen molar-refractivity contribution in [2.24, 2.45) is 5.92 Å². The second kappa shape index (κ2) is 7.56. The van der Waals surface area contributed by atoms with Crippen LogP contribution in [0.3, 0.4) is 0 Å². The molecule has 0 radical (unpaired) electrons. The van der Waals surface area contributed by atoms with Gasteiger partial charge in [-0.2, -0.15) is 0 Å². The van der Waals surface area contributed by atoms with Gasteiger partial charge in [-0.05, 0) is 49.5 Å². The van der Waals surface area contributed by atoms with E-state index in [0.717, 1.165) is 31.5 Å². The highest BCUT2D eigenvalue weighted by Crippen LogP contribution is 2.33. The minimum Gasteiger partial charge on any atom is -0.396 e. The van der Waals surface area contributed by atoms with Crippen molar-refractivity contribution >= 4 is 35.6 Å². The molecular weight excluding hydrogens is 293 g/mol. The van der Waals surface area contributed by atoms with E-state index in [1.807, 2.05) is 18.2 Å². The topological polar surface area (TPSA) is 32.3 Å². The second-order valence-electron chi connectivity index (χ2n) is 4.55. The van der Waals surface area contributed by atoms with Gasteiger partial charge in [-0.15, -0.1) is 12.4 Å². The van der Waals surface area contributed by atoms with Gasteiger partial charge in [0.05, 0.1) is 16.7 Å². The summed E-state index contributed by atoms with van der Waals surface area (Å²) < 4.78 is 0. The van der Waals surface area contributed by atoms with Crippen LogP contribution in [0.1, 0.15) is 24.3 Å². The molecule has 1 heterocycles. The molecule has 1 aromatic carbocycles. The van der Waals surface area contributed by atoms with Crippen molar-refractivity contribution in [3.63, 3.8) is 0 Å². The van der Waals surface area contributed by atoms with Crippen LogP contribution in [0.2, 0.25) is 10.0 Å². The molecule has 0 saturated carbocycles. The minimum absolute atomic E-state index is 0. The van der Waals surface area contributed by atoms with Gasteiger partial charge in [-0.1, -0.05) is 29.3 Å². The van der Waals surface area contributed by atoms with Crippen molar-refractivity contribution < 1.29 is 5.11 Å². The van der Waals surface area contributed by atoms with E-state index in [-0.39, 0.29) is 24.9 Å². The molecule has 1 saturated heterocycles. The molecule has 102 valence electrons. The molecule has 1 aromatic rings. The number of piperidine rings is 1. The predicted octanol–water partition coefficient (Wildman–Crippen LogP) is 3.49. The fraction of sp³-hybridized carbons (Fsp3) is 0.538. The number of benzene rings is 1. The van der Waals surface area contributed by atoms with Gasteiger partial charge < -0.3 is 10.4 Å². The van der Waals surface area contributed by atoms with E-state index in [2.05, 4.69) is 5.32 Å². The molecule has 0 spiro atoms. The predicted molar refractivity (Wildman–Crippen MR) is 79.1 cm³/mol. The summed E-state index contributed by atoms with van der Waals surface area (Å²) >= 11 is 11.9. The molecule has 1 aliphatic rings. The monoisotopic (exact) mass is 309 g/mol. The molecule has 0 aromatic heterocycles. The number of hydrogen-bond acceptors (Lipinski definition) is 2. The molecule has 0 bridgehead atoms. The van der Waals surface area contributed by atoms with Gasteiger partial charge in [0.15, 0.2) is 0 Å². The van der Waals surface area contributed by atoms with Gasteiger partial charge >= 0.3 is 0 Å². The first-order chi connectivity index (χ1) is 8.22. The van der Waals surface area contributed by atoms with Crippen LogP contribution < -0.4 is 5.32 Å². The lowest BCUT2D eigenvalue weighted by molar-refractivity contribution is 0.201. The van der Waals surface area contributed by atoms with E-state index in [4.69, 9.17) is 23.2 Å². The Hall–Kier alpha value is 0.01000. The average molecular weight is 311 g/mol. The van der Waals surface area contributed by atoms with E-state index in [9.17, 15) is 5.11 Å². The molecule has 1 atom stereocenters. The summed E-state index contributed by atoms with van der Waals surface area (Å²) in [4.78, 5) is 0. The summed E-state index contributed by atoms with van der Waals surface area (Å²) in [7, 11) is 0. The zero-order valence-corrected chi connectivity index (χ0v) is 12.4. The Morgan fingerprint density at radius 2 is 1.89 bits per heavy atom. The van der Waals surface area contributed by atoms with Gasteiger partial charge in [0.1, 0.15) is 0 Å². The summed E-state index contributed by atoms with van der Waals surface area (Å²) in [5, 5.41) is 14.1. The summed E-state index contributed by atoms with van der Waals surface area (Å²) in [6.45, 7) is 2.23. The fourth-order valence-electron chi connectivity index (χ4n) is 2.52. The van der Waals surface area contributed by atoms with Crippen molar-refractivity contribution in [2.45, 2.75) is 18.8 Å². The van der Waals surface area contributed by atoms with Crippen LogP contribution in [0.4, 0.5) is 0 Å². The van der Waals surface area contributed by atoms with Crippen LogP contribution in [0.15, 0.2) is 18.2 Å². The zero-order chi connectivity index (χ0) is 12.3.